The second-order valence-electron chi connectivity index (χ2n) is 10.6. The largest absolute Gasteiger partial charge is 0.494 e. The van der Waals surface area contributed by atoms with Crippen LogP contribution in [0.15, 0.2) is 42.5 Å². The Morgan fingerprint density at radius 2 is 1.67 bits per heavy atom. The number of methoxy groups -OCH3 is 1. The van der Waals surface area contributed by atoms with Crippen molar-refractivity contribution in [3.05, 3.63) is 53.6 Å². The molecule has 18 heteroatoms. The highest BCUT2D eigenvalue weighted by Crippen LogP contribution is 2.27. The first-order valence-corrected chi connectivity index (χ1v) is 15.3. The molecule has 0 saturated heterocycles. The zero-order valence-corrected chi connectivity index (χ0v) is 26.8. The van der Waals surface area contributed by atoms with Gasteiger partial charge in [-0.1, -0.05) is 12.1 Å². The van der Waals surface area contributed by atoms with Crippen LogP contribution in [-0.4, -0.2) is 85.6 Å². The van der Waals surface area contributed by atoms with Gasteiger partial charge in [0.15, 0.2) is 6.61 Å². The fourth-order valence-electron chi connectivity index (χ4n) is 4.41. The summed E-state index contributed by atoms with van der Waals surface area (Å²) < 4.78 is 60.2. The molecule has 2 aromatic carbocycles. The molecular weight excluding hydrogens is 653 g/mol. The Kier molecular flexibility index (Phi) is 13.0. The van der Waals surface area contributed by atoms with Crippen molar-refractivity contribution in [3.8, 4) is 17.5 Å². The number of nitrogens with zero attached hydrogens (tertiary/aromatic N) is 3. The van der Waals surface area contributed by atoms with Gasteiger partial charge in [0.25, 0.3) is 5.91 Å². The molecule has 3 aromatic rings. The first-order valence-electron chi connectivity index (χ1n) is 15.3. The molecule has 6 bridgehead atoms. The smallest absolute Gasteiger partial charge is 0.422 e. The van der Waals surface area contributed by atoms with Gasteiger partial charge in [-0.2, -0.15) is 28.1 Å². The molecule has 5 N–H and O–H groups in total. The molecule has 1 unspecified atom stereocenters. The molecular formula is C31H37F3N8O7. The van der Waals surface area contributed by atoms with Crippen molar-refractivity contribution in [2.45, 2.75) is 44.4 Å². The van der Waals surface area contributed by atoms with E-state index in [4.69, 9.17) is 18.9 Å². The Morgan fingerprint density at radius 1 is 0.959 bits per heavy atom. The van der Waals surface area contributed by atoms with Crippen molar-refractivity contribution in [1.82, 2.24) is 30.9 Å². The minimum atomic E-state index is -4.63. The number of aromatic nitrogens is 3. The second kappa shape index (κ2) is 17.6. The van der Waals surface area contributed by atoms with E-state index in [-0.39, 0.29) is 42.9 Å². The van der Waals surface area contributed by atoms with E-state index in [9.17, 15) is 27.6 Å². The average molecular weight is 691 g/mol. The summed E-state index contributed by atoms with van der Waals surface area (Å²) in [6.07, 6.45) is -1.48. The number of rotatable bonds is 7. The van der Waals surface area contributed by atoms with Crippen LogP contribution in [0.4, 0.5) is 35.5 Å². The zero-order valence-electron chi connectivity index (χ0n) is 26.8. The number of halogens is 3. The van der Waals surface area contributed by atoms with Crippen LogP contribution in [0.1, 0.15) is 41.6 Å². The predicted molar refractivity (Wildman–Crippen MR) is 170 cm³/mol. The summed E-state index contributed by atoms with van der Waals surface area (Å²) in [4.78, 5) is 49.6. The normalized spacial score (nSPS) is 14.2. The van der Waals surface area contributed by atoms with E-state index in [1.807, 2.05) is 24.3 Å². The predicted octanol–water partition coefficient (Wildman–Crippen LogP) is 3.70. The van der Waals surface area contributed by atoms with E-state index in [1.54, 1.807) is 0 Å². The Balaban J connectivity index is 1.63. The number of benzene rings is 2. The van der Waals surface area contributed by atoms with Crippen LogP contribution in [0.25, 0.3) is 0 Å². The number of ether oxygens (including phenoxy) is 4. The van der Waals surface area contributed by atoms with Gasteiger partial charge in [0.2, 0.25) is 11.9 Å². The van der Waals surface area contributed by atoms with E-state index < -0.39 is 42.7 Å². The van der Waals surface area contributed by atoms with Gasteiger partial charge in [0.1, 0.15) is 17.5 Å². The number of fused-ring (bicyclic) bond motifs is 10. The Morgan fingerprint density at radius 3 is 2.37 bits per heavy atom. The number of amides is 3. The maximum atomic E-state index is 13.4. The maximum absolute atomic E-state index is 13.4. The van der Waals surface area contributed by atoms with Crippen molar-refractivity contribution < 1.29 is 46.5 Å². The highest BCUT2D eigenvalue weighted by atomic mass is 19.4. The van der Waals surface area contributed by atoms with Crippen LogP contribution >= 0.6 is 0 Å². The lowest BCUT2D eigenvalue weighted by Crippen LogP contribution is -2.50. The van der Waals surface area contributed by atoms with E-state index in [1.165, 1.54) is 25.2 Å². The number of carbonyl (C=O) groups excluding carboxylic acids is 3. The third kappa shape index (κ3) is 11.9. The number of hydrogen-bond donors (Lipinski definition) is 5. The first-order chi connectivity index (χ1) is 23.5. The van der Waals surface area contributed by atoms with Crippen LogP contribution in [0.5, 0.6) is 17.5 Å². The summed E-state index contributed by atoms with van der Waals surface area (Å²) in [6.45, 7) is -0.891. The van der Waals surface area contributed by atoms with Gasteiger partial charge in [0, 0.05) is 25.3 Å². The molecule has 15 nitrogen and oxygen atoms in total. The first kappa shape index (κ1) is 36.3. The fourth-order valence-corrected chi connectivity index (χ4v) is 4.41. The molecule has 0 aliphatic carbocycles. The highest BCUT2D eigenvalue weighted by molar-refractivity contribution is 5.99. The van der Waals surface area contributed by atoms with Gasteiger partial charge in [-0.3, -0.25) is 4.79 Å². The number of urea groups is 1. The van der Waals surface area contributed by atoms with Crippen molar-refractivity contribution >= 4 is 35.5 Å². The van der Waals surface area contributed by atoms with E-state index in [0.717, 1.165) is 31.9 Å². The molecule has 1 aromatic heterocycles. The van der Waals surface area contributed by atoms with Crippen LogP contribution in [-0.2, 0) is 16.1 Å². The number of esters is 1. The number of alkyl halides is 3. The number of nitrogens with one attached hydrogen (secondary N) is 5. The van der Waals surface area contributed by atoms with Crippen LogP contribution in [0, 0.1) is 0 Å². The molecule has 49 heavy (non-hydrogen) atoms. The summed E-state index contributed by atoms with van der Waals surface area (Å²) >= 11 is 0. The summed E-state index contributed by atoms with van der Waals surface area (Å²) in [5.74, 6) is -0.881. The van der Waals surface area contributed by atoms with E-state index >= 15 is 0 Å². The lowest BCUT2D eigenvalue weighted by molar-refractivity contribution is -0.154. The van der Waals surface area contributed by atoms with Gasteiger partial charge in [-0.25, -0.2) is 9.59 Å². The molecule has 0 fully saturated rings. The fraction of sp³-hybridized carbons (Fsp3) is 0.419. The van der Waals surface area contributed by atoms with Crippen LogP contribution in [0.2, 0.25) is 0 Å². The highest BCUT2D eigenvalue weighted by Gasteiger charge is 2.29. The molecule has 2 aliphatic heterocycles. The van der Waals surface area contributed by atoms with Crippen molar-refractivity contribution in [2.75, 3.05) is 51.2 Å². The maximum Gasteiger partial charge on any atom is 0.422 e. The van der Waals surface area contributed by atoms with Crippen LogP contribution < -0.4 is 40.8 Å². The van der Waals surface area contributed by atoms with E-state index in [2.05, 4.69) is 41.5 Å². The van der Waals surface area contributed by atoms with Gasteiger partial charge in [0.05, 0.1) is 32.4 Å². The molecule has 264 valence electrons. The van der Waals surface area contributed by atoms with Gasteiger partial charge in [-0.15, -0.1) is 0 Å². The second-order valence-corrected chi connectivity index (χ2v) is 10.6. The zero-order chi connectivity index (χ0) is 35.2. The molecule has 3 amide bonds. The van der Waals surface area contributed by atoms with Crippen molar-refractivity contribution in [3.63, 3.8) is 0 Å². The van der Waals surface area contributed by atoms with Crippen molar-refractivity contribution in [2.24, 2.45) is 0 Å². The number of carbonyl (C=O) groups is 3. The van der Waals surface area contributed by atoms with Crippen molar-refractivity contribution in [1.29, 1.82) is 0 Å². The minimum Gasteiger partial charge on any atom is -0.494 e. The molecule has 0 spiro atoms. The van der Waals surface area contributed by atoms with Gasteiger partial charge < -0.3 is 45.5 Å². The SMILES string of the molecule is CNC(=O)NCC(NC(=O)c1ccc2cc1OCCCCCCOc1ccc(cc1)CNc1nc(nc(OCC(F)(F)F)n1)N2)C(=O)OC. The Labute approximate surface area is 279 Å². The average Bonchev–Trinajstić information content (AvgIpc) is 3.08. The molecule has 5 rings (SSSR count). The standard InChI is InChI=1S/C31H37F3N8O7/c1-35-29(45)37-17-23(26(44)46-2)39-25(43)22-12-9-20-15-24(22)48-14-6-4-3-5-13-47-21-10-7-19(8-11-21)16-36-27-40-28(38-20)42-30(41-27)49-18-31(32,33)34/h7-12,15,23H,3-6,13-14,16-18H2,1-2H3,(H,39,43)(H2,35,37,45)(H2,36,38,40,41,42). The third-order valence-electron chi connectivity index (χ3n) is 6.89. The topological polar surface area (TPSA) is 187 Å². The molecule has 0 radical (unpaired) electrons. The Bertz CT molecular complexity index is 1580. The van der Waals surface area contributed by atoms with Crippen LogP contribution in [0.3, 0.4) is 0 Å². The molecule has 0 saturated carbocycles. The minimum absolute atomic E-state index is 0.0583. The number of anilines is 3. The third-order valence-corrected chi connectivity index (χ3v) is 6.89. The summed E-state index contributed by atoms with van der Waals surface area (Å²) in [5, 5.41) is 13.2. The molecule has 3 heterocycles. The summed E-state index contributed by atoms with van der Waals surface area (Å²) in [5.41, 5.74) is 1.21. The van der Waals surface area contributed by atoms with Gasteiger partial charge in [-0.05, 0) is 55.5 Å². The summed E-state index contributed by atoms with van der Waals surface area (Å²) in [7, 11) is 2.54. The van der Waals surface area contributed by atoms with E-state index in [0.29, 0.717) is 24.5 Å². The monoisotopic (exact) mass is 690 g/mol. The Hall–Kier alpha value is -5.55. The molecule has 1 atom stereocenters. The number of hydrogen-bond acceptors (Lipinski definition) is 12. The quantitative estimate of drug-likeness (QED) is 0.227. The lowest BCUT2D eigenvalue weighted by atomic mass is 10.1. The lowest BCUT2D eigenvalue weighted by Gasteiger charge is -2.19. The molecule has 2 aliphatic rings. The summed E-state index contributed by atoms with van der Waals surface area (Å²) in [6, 6.07) is 9.35. The van der Waals surface area contributed by atoms with Gasteiger partial charge >= 0.3 is 24.2 Å².